The molecule has 2 unspecified atom stereocenters. The fraction of sp³-hybridized carbons (Fsp3) is 0.348. The quantitative estimate of drug-likeness (QED) is 0.381. The smallest absolute Gasteiger partial charge is 0.374 e. The van der Waals surface area contributed by atoms with Crippen molar-refractivity contribution < 1.29 is 50.4 Å². The number of carbonyl (C=O) groups is 2. The number of amides is 1. The molecule has 0 spiro atoms. The maximum atomic E-state index is 14.3. The lowest BCUT2D eigenvalue weighted by Gasteiger charge is -2.29. The van der Waals surface area contributed by atoms with Crippen LogP contribution in [-0.4, -0.2) is 54.2 Å². The second-order valence-corrected chi connectivity index (χ2v) is 9.51. The van der Waals surface area contributed by atoms with E-state index in [0.29, 0.717) is 0 Å². The molecule has 4 rings (SSSR count). The summed E-state index contributed by atoms with van der Waals surface area (Å²) in [5.41, 5.74) is -0.903. The molecular formula is C23H17Cl2F6N3O5. The largest absolute Gasteiger partial charge is 0.493 e. The lowest BCUT2D eigenvalue weighted by atomic mass is 9.86. The Morgan fingerprint density at radius 3 is 2.31 bits per heavy atom. The average Bonchev–Trinajstić information content (AvgIpc) is 3.51. The van der Waals surface area contributed by atoms with Crippen LogP contribution in [0.4, 0.5) is 26.3 Å². The molecule has 2 aromatic carbocycles. The summed E-state index contributed by atoms with van der Waals surface area (Å²) in [7, 11) is 0. The number of nitrogens with one attached hydrogen (secondary N) is 1. The molecule has 2 heterocycles. The second-order valence-electron chi connectivity index (χ2n) is 8.64. The van der Waals surface area contributed by atoms with Crippen LogP contribution < -0.4 is 5.48 Å². The molecule has 1 N–H and O–H groups in total. The highest BCUT2D eigenvalue weighted by Gasteiger charge is 2.62. The Morgan fingerprint density at radius 2 is 1.77 bits per heavy atom. The molecule has 0 radical (unpaired) electrons. The monoisotopic (exact) mass is 599 g/mol. The molecule has 210 valence electrons. The van der Waals surface area contributed by atoms with Crippen LogP contribution in [-0.2, 0) is 24.9 Å². The number of hydroxylamine groups is 3. The van der Waals surface area contributed by atoms with Gasteiger partial charge in [0, 0.05) is 34.1 Å². The van der Waals surface area contributed by atoms with E-state index in [1.54, 1.807) is 0 Å². The lowest BCUT2D eigenvalue weighted by molar-refractivity contribution is -0.275. The van der Waals surface area contributed by atoms with Crippen molar-refractivity contribution in [2.24, 2.45) is 5.16 Å². The van der Waals surface area contributed by atoms with E-state index in [-0.39, 0.29) is 56.2 Å². The highest BCUT2D eigenvalue weighted by molar-refractivity contribution is 6.34. The molecule has 1 fully saturated rings. The van der Waals surface area contributed by atoms with E-state index in [1.807, 2.05) is 0 Å². The molecule has 2 aliphatic rings. The summed E-state index contributed by atoms with van der Waals surface area (Å²) in [6.45, 7) is 0.998. The number of nitrogens with zero attached hydrogens (tertiary/aromatic N) is 2. The summed E-state index contributed by atoms with van der Waals surface area (Å²) in [6, 6.07) is 6.02. The Balaban J connectivity index is 1.62. The molecule has 8 nitrogen and oxygen atoms in total. The summed E-state index contributed by atoms with van der Waals surface area (Å²) in [5, 5.41) is 3.80. The summed E-state index contributed by atoms with van der Waals surface area (Å²) in [6.07, 6.45) is -11.1. The van der Waals surface area contributed by atoms with E-state index in [9.17, 15) is 35.9 Å². The van der Waals surface area contributed by atoms with Crippen LogP contribution in [0.25, 0.3) is 0 Å². The Labute approximate surface area is 226 Å². The third-order valence-corrected chi connectivity index (χ3v) is 6.38. The molecule has 16 heteroatoms. The predicted molar refractivity (Wildman–Crippen MR) is 124 cm³/mol. The van der Waals surface area contributed by atoms with Crippen LogP contribution >= 0.6 is 23.2 Å². The number of hydrogen-bond acceptors (Lipinski definition) is 7. The second kappa shape index (κ2) is 10.5. The van der Waals surface area contributed by atoms with Gasteiger partial charge in [-0.3, -0.25) is 9.63 Å². The van der Waals surface area contributed by atoms with Crippen LogP contribution in [0.2, 0.25) is 10.0 Å². The van der Waals surface area contributed by atoms with Crippen LogP contribution in [0.5, 0.6) is 0 Å². The third-order valence-electron chi connectivity index (χ3n) is 5.95. The summed E-state index contributed by atoms with van der Waals surface area (Å²) in [5.74, 6) is -3.71. The first kappa shape index (κ1) is 28.9. The SMILES string of the molecule is Cc1cc(C2=NOC(c3cc(Cl)cc(Cl)c3)(C(F)(F)F)C2)ccc1C(=O)N(OC(=O)C(F)(F)F)C1CNOC1. The number of hydrogen-bond donors (Lipinski definition) is 1. The summed E-state index contributed by atoms with van der Waals surface area (Å²) < 4.78 is 81.2. The number of carbonyl (C=O) groups excluding carboxylic acids is 2. The van der Waals surface area contributed by atoms with E-state index in [2.05, 4.69) is 15.5 Å². The van der Waals surface area contributed by atoms with Gasteiger partial charge in [0.25, 0.3) is 11.5 Å². The van der Waals surface area contributed by atoms with Gasteiger partial charge in [-0.05, 0) is 48.4 Å². The summed E-state index contributed by atoms with van der Waals surface area (Å²) >= 11 is 11.8. The molecule has 0 aliphatic carbocycles. The maximum absolute atomic E-state index is 14.3. The van der Waals surface area contributed by atoms with Crippen molar-refractivity contribution in [3.05, 3.63) is 68.7 Å². The number of aryl methyl sites for hydroxylation is 1. The molecule has 0 bridgehead atoms. The standard InChI is InChI=1S/C23H17Cl2F6N3O5/c1-11-4-12(18-8-21(39-33-18,23(29,30)31)13-5-14(24)7-15(25)6-13)2-3-17(11)19(35)34(16-9-32-37-10-16)38-20(36)22(26,27)28/h2-7,16,32H,8-10H2,1H3. The predicted octanol–water partition coefficient (Wildman–Crippen LogP) is 5.25. The van der Waals surface area contributed by atoms with Crippen LogP contribution in [0, 0.1) is 6.92 Å². The minimum atomic E-state index is -5.37. The Kier molecular flexibility index (Phi) is 7.78. The highest BCUT2D eigenvalue weighted by Crippen LogP contribution is 2.49. The Bertz CT molecular complexity index is 1310. The fourth-order valence-electron chi connectivity index (χ4n) is 3.99. The van der Waals surface area contributed by atoms with Crippen molar-refractivity contribution in [2.75, 3.05) is 13.2 Å². The van der Waals surface area contributed by atoms with Gasteiger partial charge < -0.3 is 9.68 Å². The number of halogens is 8. The van der Waals surface area contributed by atoms with Crippen LogP contribution in [0.1, 0.15) is 33.5 Å². The maximum Gasteiger partial charge on any atom is 0.493 e. The topological polar surface area (TPSA) is 89.5 Å². The van der Waals surface area contributed by atoms with Crippen molar-refractivity contribution >= 4 is 40.8 Å². The van der Waals surface area contributed by atoms with Gasteiger partial charge in [-0.15, -0.1) is 0 Å². The van der Waals surface area contributed by atoms with Gasteiger partial charge in [-0.1, -0.05) is 34.4 Å². The summed E-state index contributed by atoms with van der Waals surface area (Å²) in [4.78, 5) is 38.7. The van der Waals surface area contributed by atoms with Crippen molar-refractivity contribution in [1.29, 1.82) is 0 Å². The minimum Gasteiger partial charge on any atom is -0.374 e. The van der Waals surface area contributed by atoms with Gasteiger partial charge >= 0.3 is 18.3 Å². The van der Waals surface area contributed by atoms with E-state index < -0.39 is 42.3 Å². The first-order valence-electron chi connectivity index (χ1n) is 11.0. The van der Waals surface area contributed by atoms with Gasteiger partial charge in [-0.2, -0.15) is 31.4 Å². The normalized spacial score (nSPS) is 21.4. The molecule has 0 saturated carbocycles. The van der Waals surface area contributed by atoms with Crippen molar-refractivity contribution in [3.8, 4) is 0 Å². The molecule has 1 amide bonds. The molecule has 39 heavy (non-hydrogen) atoms. The number of alkyl halides is 6. The van der Waals surface area contributed by atoms with E-state index in [1.165, 1.54) is 25.1 Å². The number of benzene rings is 2. The fourth-order valence-corrected chi connectivity index (χ4v) is 4.52. The van der Waals surface area contributed by atoms with Crippen LogP contribution in [0.15, 0.2) is 41.6 Å². The number of rotatable bonds is 4. The molecule has 2 atom stereocenters. The zero-order chi connectivity index (χ0) is 28.8. The first-order chi connectivity index (χ1) is 18.1. The molecule has 2 aliphatic heterocycles. The average molecular weight is 600 g/mol. The zero-order valence-corrected chi connectivity index (χ0v) is 21.1. The Morgan fingerprint density at radius 1 is 1.10 bits per heavy atom. The van der Waals surface area contributed by atoms with Gasteiger partial charge in [-0.25, -0.2) is 10.3 Å². The molecule has 0 aromatic heterocycles. The molecule has 1 saturated heterocycles. The Hall–Kier alpha value is -3.07. The van der Waals surface area contributed by atoms with Crippen LogP contribution in [0.3, 0.4) is 0 Å². The minimum absolute atomic E-state index is 0.0458. The first-order valence-corrected chi connectivity index (χ1v) is 11.7. The van der Waals surface area contributed by atoms with Crippen molar-refractivity contribution in [2.45, 2.75) is 37.3 Å². The van der Waals surface area contributed by atoms with E-state index >= 15 is 0 Å². The van der Waals surface area contributed by atoms with Gasteiger partial charge in [0.05, 0.1) is 12.3 Å². The van der Waals surface area contributed by atoms with Gasteiger partial charge in [0.1, 0.15) is 6.04 Å². The van der Waals surface area contributed by atoms with E-state index in [4.69, 9.17) is 32.9 Å². The molecule has 2 aromatic rings. The molecular weight excluding hydrogens is 583 g/mol. The number of oxime groups is 1. The lowest BCUT2D eigenvalue weighted by Crippen LogP contribution is -2.47. The zero-order valence-electron chi connectivity index (χ0n) is 19.6. The van der Waals surface area contributed by atoms with Gasteiger partial charge in [0.2, 0.25) is 0 Å². The highest BCUT2D eigenvalue weighted by atomic mass is 35.5. The van der Waals surface area contributed by atoms with Crippen molar-refractivity contribution in [1.82, 2.24) is 10.5 Å². The van der Waals surface area contributed by atoms with E-state index in [0.717, 1.165) is 18.2 Å². The van der Waals surface area contributed by atoms with Gasteiger partial charge in [0.15, 0.2) is 0 Å². The van der Waals surface area contributed by atoms with Crippen molar-refractivity contribution in [3.63, 3.8) is 0 Å². The third kappa shape index (κ3) is 5.78.